The van der Waals surface area contributed by atoms with Gasteiger partial charge in [0.2, 0.25) is 11.9 Å². The summed E-state index contributed by atoms with van der Waals surface area (Å²) in [6, 6.07) is 9.28. The second-order valence-corrected chi connectivity index (χ2v) is 7.38. The van der Waals surface area contributed by atoms with Crippen LogP contribution in [0.4, 0.5) is 17.6 Å². The molecule has 8 nitrogen and oxygen atoms in total. The number of carbonyl (C=O) groups is 1. The van der Waals surface area contributed by atoms with Gasteiger partial charge in [-0.15, -0.1) is 11.3 Å². The summed E-state index contributed by atoms with van der Waals surface area (Å²) in [5.74, 6) is 0.812. The quantitative estimate of drug-likeness (QED) is 0.610. The van der Waals surface area contributed by atoms with Crippen molar-refractivity contribution >= 4 is 34.9 Å². The van der Waals surface area contributed by atoms with E-state index in [0.717, 1.165) is 19.3 Å². The lowest BCUT2D eigenvalue weighted by Gasteiger charge is -2.10. The summed E-state index contributed by atoms with van der Waals surface area (Å²) in [7, 11) is 1.58. The molecule has 0 unspecified atom stereocenters. The summed E-state index contributed by atoms with van der Waals surface area (Å²) in [6.45, 7) is -0.0886. The molecule has 144 valence electrons. The van der Waals surface area contributed by atoms with Crippen LogP contribution >= 0.6 is 11.3 Å². The predicted molar refractivity (Wildman–Crippen MR) is 106 cm³/mol. The summed E-state index contributed by atoms with van der Waals surface area (Å²) in [4.78, 5) is 26.6. The topological polar surface area (TPSA) is 112 Å². The van der Waals surface area contributed by atoms with E-state index < -0.39 is 0 Å². The SMILES string of the molecule is COc1ccccc1Nc1nc(N)nc(COC(=O)c2cc3c(s2)CCC3)n1. The molecular weight excluding hydrogens is 378 g/mol. The van der Waals surface area contributed by atoms with Gasteiger partial charge in [0.05, 0.1) is 12.8 Å². The lowest BCUT2D eigenvalue weighted by Crippen LogP contribution is -2.11. The van der Waals surface area contributed by atoms with E-state index in [1.54, 1.807) is 7.11 Å². The third-order valence-electron chi connectivity index (χ3n) is 4.33. The number of carbonyl (C=O) groups excluding carboxylic acids is 1. The maximum absolute atomic E-state index is 12.3. The van der Waals surface area contributed by atoms with Gasteiger partial charge in [0.15, 0.2) is 12.4 Å². The molecule has 1 aliphatic rings. The number of nitrogens with zero attached hydrogens (tertiary/aromatic N) is 3. The van der Waals surface area contributed by atoms with Crippen LogP contribution in [0.15, 0.2) is 30.3 Å². The lowest BCUT2D eigenvalue weighted by atomic mass is 10.2. The summed E-state index contributed by atoms with van der Waals surface area (Å²) in [6.07, 6.45) is 3.22. The number of esters is 1. The lowest BCUT2D eigenvalue weighted by molar-refractivity contribution is 0.0468. The Morgan fingerprint density at radius 2 is 2.11 bits per heavy atom. The van der Waals surface area contributed by atoms with Gasteiger partial charge in [0.1, 0.15) is 10.6 Å². The number of methoxy groups -OCH3 is 1. The minimum Gasteiger partial charge on any atom is -0.495 e. The Hall–Kier alpha value is -3.20. The fraction of sp³-hybridized carbons (Fsp3) is 0.263. The van der Waals surface area contributed by atoms with Gasteiger partial charge in [-0.1, -0.05) is 12.1 Å². The van der Waals surface area contributed by atoms with Crippen LogP contribution in [0, 0.1) is 0 Å². The molecule has 0 saturated heterocycles. The largest absolute Gasteiger partial charge is 0.495 e. The van der Waals surface area contributed by atoms with E-state index in [2.05, 4.69) is 20.3 Å². The molecule has 0 saturated carbocycles. The Labute approximate surface area is 165 Å². The maximum atomic E-state index is 12.3. The Morgan fingerprint density at radius 3 is 2.93 bits per heavy atom. The van der Waals surface area contributed by atoms with Gasteiger partial charge in [0.25, 0.3) is 0 Å². The van der Waals surface area contributed by atoms with E-state index in [1.807, 2.05) is 30.3 Å². The Balaban J connectivity index is 1.45. The summed E-state index contributed by atoms with van der Waals surface area (Å²) < 4.78 is 10.7. The number of anilines is 3. The first-order valence-corrected chi connectivity index (χ1v) is 9.63. The van der Waals surface area contributed by atoms with Crippen molar-refractivity contribution in [3.05, 3.63) is 51.5 Å². The van der Waals surface area contributed by atoms with Gasteiger partial charge in [-0.05, 0) is 43.0 Å². The fourth-order valence-electron chi connectivity index (χ4n) is 3.06. The highest BCUT2D eigenvalue weighted by atomic mass is 32.1. The first kappa shape index (κ1) is 18.2. The highest BCUT2D eigenvalue weighted by molar-refractivity contribution is 7.14. The number of hydrogen-bond donors (Lipinski definition) is 2. The number of thiophene rings is 1. The molecule has 0 amide bonds. The number of hydrogen-bond acceptors (Lipinski definition) is 9. The number of aryl methyl sites for hydroxylation is 2. The second-order valence-electron chi connectivity index (χ2n) is 6.25. The smallest absolute Gasteiger partial charge is 0.348 e. The summed E-state index contributed by atoms with van der Waals surface area (Å²) in [5, 5.41) is 3.04. The maximum Gasteiger partial charge on any atom is 0.348 e. The number of aromatic nitrogens is 3. The van der Waals surface area contributed by atoms with Crippen LogP contribution in [0.2, 0.25) is 0 Å². The molecule has 1 aliphatic carbocycles. The summed E-state index contributed by atoms with van der Waals surface area (Å²) >= 11 is 1.50. The third-order valence-corrected chi connectivity index (χ3v) is 5.55. The Kier molecular flexibility index (Phi) is 5.07. The number of ether oxygens (including phenoxy) is 2. The highest BCUT2D eigenvalue weighted by Gasteiger charge is 2.20. The van der Waals surface area contributed by atoms with Crippen molar-refractivity contribution in [2.75, 3.05) is 18.2 Å². The van der Waals surface area contributed by atoms with Crippen molar-refractivity contribution in [1.29, 1.82) is 0 Å². The average molecular weight is 397 g/mol. The van der Waals surface area contributed by atoms with Crippen LogP contribution < -0.4 is 15.8 Å². The van der Waals surface area contributed by atoms with Crippen LogP contribution in [0.1, 0.15) is 32.4 Å². The van der Waals surface area contributed by atoms with E-state index in [0.29, 0.717) is 16.3 Å². The molecule has 0 atom stereocenters. The van der Waals surface area contributed by atoms with Crippen molar-refractivity contribution in [2.45, 2.75) is 25.9 Å². The predicted octanol–water partition coefficient (Wildman–Crippen LogP) is 3.11. The van der Waals surface area contributed by atoms with Gasteiger partial charge < -0.3 is 20.5 Å². The van der Waals surface area contributed by atoms with Gasteiger partial charge in [-0.3, -0.25) is 0 Å². The average Bonchev–Trinajstić information content (AvgIpc) is 3.28. The van der Waals surface area contributed by atoms with Crippen molar-refractivity contribution < 1.29 is 14.3 Å². The first-order valence-electron chi connectivity index (χ1n) is 8.81. The minimum atomic E-state index is -0.377. The number of nitrogens with one attached hydrogen (secondary N) is 1. The standard InChI is InChI=1S/C19H19N5O3S/c1-26-13-7-3-2-6-12(13)21-19-23-16(22-18(20)24-19)10-27-17(25)15-9-11-5-4-8-14(11)28-15/h2-3,6-7,9H,4-5,8,10H2,1H3,(H3,20,21,22,23,24). The molecule has 1 aromatic carbocycles. The van der Waals surface area contributed by atoms with Gasteiger partial charge in [-0.2, -0.15) is 15.0 Å². The fourth-order valence-corrected chi connectivity index (χ4v) is 4.21. The van der Waals surface area contributed by atoms with Crippen LogP contribution in [-0.2, 0) is 24.2 Å². The molecule has 0 bridgehead atoms. The van der Waals surface area contributed by atoms with E-state index in [4.69, 9.17) is 15.2 Å². The zero-order chi connectivity index (χ0) is 19.5. The number of benzene rings is 1. The third kappa shape index (κ3) is 3.89. The number of nitrogen functional groups attached to an aromatic ring is 1. The van der Waals surface area contributed by atoms with Crippen LogP contribution in [0.25, 0.3) is 0 Å². The molecule has 0 spiro atoms. The van der Waals surface area contributed by atoms with Crippen LogP contribution in [0.5, 0.6) is 5.75 Å². The molecule has 9 heteroatoms. The zero-order valence-electron chi connectivity index (χ0n) is 15.3. The molecule has 4 rings (SSSR count). The van der Waals surface area contributed by atoms with Crippen molar-refractivity contribution in [1.82, 2.24) is 15.0 Å². The molecule has 3 aromatic rings. The first-order chi connectivity index (χ1) is 13.6. The zero-order valence-corrected chi connectivity index (χ0v) is 16.1. The summed E-state index contributed by atoms with van der Waals surface area (Å²) in [5.41, 5.74) is 7.72. The molecule has 3 N–H and O–H groups in total. The van der Waals surface area contributed by atoms with Crippen molar-refractivity contribution in [3.8, 4) is 5.75 Å². The number of rotatable bonds is 6. The molecule has 2 aromatic heterocycles. The van der Waals surface area contributed by atoms with Gasteiger partial charge in [0, 0.05) is 4.88 Å². The molecule has 0 aliphatic heterocycles. The monoisotopic (exact) mass is 397 g/mol. The normalized spacial score (nSPS) is 12.5. The number of para-hydroxylation sites is 2. The van der Waals surface area contributed by atoms with Gasteiger partial charge in [-0.25, -0.2) is 4.79 Å². The Morgan fingerprint density at radius 1 is 1.25 bits per heavy atom. The number of fused-ring (bicyclic) bond motifs is 1. The molecule has 2 heterocycles. The van der Waals surface area contributed by atoms with E-state index in [1.165, 1.54) is 21.8 Å². The molecule has 0 radical (unpaired) electrons. The molecular formula is C19H19N5O3S. The van der Waals surface area contributed by atoms with E-state index in [9.17, 15) is 4.79 Å². The number of nitrogens with two attached hydrogens (primary N) is 1. The molecule has 28 heavy (non-hydrogen) atoms. The molecule has 0 fully saturated rings. The minimum absolute atomic E-state index is 0.0357. The highest BCUT2D eigenvalue weighted by Crippen LogP contribution is 2.31. The van der Waals surface area contributed by atoms with Crippen molar-refractivity contribution in [2.24, 2.45) is 0 Å². The van der Waals surface area contributed by atoms with E-state index >= 15 is 0 Å². The Bertz CT molecular complexity index is 999. The van der Waals surface area contributed by atoms with Crippen LogP contribution in [-0.4, -0.2) is 28.0 Å². The van der Waals surface area contributed by atoms with Gasteiger partial charge >= 0.3 is 5.97 Å². The van der Waals surface area contributed by atoms with Crippen LogP contribution in [0.3, 0.4) is 0 Å². The van der Waals surface area contributed by atoms with E-state index in [-0.39, 0.29) is 30.3 Å². The van der Waals surface area contributed by atoms with Crippen molar-refractivity contribution in [3.63, 3.8) is 0 Å². The second kappa shape index (κ2) is 7.81.